The van der Waals surface area contributed by atoms with Gasteiger partial charge in [0.2, 0.25) is 0 Å². The molecule has 0 heterocycles. The number of carbonyl (C=O) groups excluding carboxylic acids is 1. The van der Waals surface area contributed by atoms with Crippen molar-refractivity contribution in [1.29, 1.82) is 0 Å². The normalized spacial score (nSPS) is 10.8. The summed E-state index contributed by atoms with van der Waals surface area (Å²) in [7, 11) is 0. The standard InChI is InChI=1S/C36H38O6/c1-3-31-25-30(12-18-32(31)17-11-29-15-21-35(22-16-29)42-27-33(38)26-37)10-9-28-13-19-34(20-14-28)40-23-7-5-6-8-24-41-36(39)4-2/h4,12-16,18-22,25,33,37-38H,2-3,5-8,23-24,26-27H2,1H3. The summed E-state index contributed by atoms with van der Waals surface area (Å²) >= 11 is 0. The Morgan fingerprint density at radius 2 is 1.38 bits per heavy atom. The van der Waals surface area contributed by atoms with E-state index in [1.165, 1.54) is 6.08 Å². The van der Waals surface area contributed by atoms with E-state index in [0.29, 0.717) is 19.0 Å². The Kier molecular flexibility index (Phi) is 13.8. The first-order chi connectivity index (χ1) is 20.5. The molecule has 0 aliphatic carbocycles. The third-order valence-corrected chi connectivity index (χ3v) is 6.26. The number of esters is 1. The van der Waals surface area contributed by atoms with Gasteiger partial charge in [-0.2, -0.15) is 0 Å². The number of aliphatic hydroxyl groups is 2. The van der Waals surface area contributed by atoms with Gasteiger partial charge in [0.1, 0.15) is 24.2 Å². The number of unbranched alkanes of at least 4 members (excludes halogenated alkanes) is 3. The summed E-state index contributed by atoms with van der Waals surface area (Å²) in [6, 6.07) is 21.2. The van der Waals surface area contributed by atoms with Gasteiger partial charge in [0, 0.05) is 28.3 Å². The van der Waals surface area contributed by atoms with Gasteiger partial charge in [-0.25, -0.2) is 4.79 Å². The molecule has 0 spiro atoms. The van der Waals surface area contributed by atoms with E-state index in [2.05, 4.69) is 43.3 Å². The second-order valence-electron chi connectivity index (χ2n) is 9.56. The Morgan fingerprint density at radius 1 is 0.810 bits per heavy atom. The summed E-state index contributed by atoms with van der Waals surface area (Å²) in [4.78, 5) is 11.0. The second-order valence-corrected chi connectivity index (χ2v) is 9.56. The van der Waals surface area contributed by atoms with Crippen molar-refractivity contribution in [3.05, 3.63) is 107 Å². The minimum atomic E-state index is -0.897. The second kappa shape index (κ2) is 18.0. The predicted molar refractivity (Wildman–Crippen MR) is 164 cm³/mol. The first kappa shape index (κ1) is 32.0. The van der Waals surface area contributed by atoms with Crippen LogP contribution in [0.3, 0.4) is 0 Å². The van der Waals surface area contributed by atoms with Gasteiger partial charge >= 0.3 is 5.97 Å². The van der Waals surface area contributed by atoms with Gasteiger partial charge in [-0.1, -0.05) is 37.2 Å². The van der Waals surface area contributed by atoms with Crippen molar-refractivity contribution >= 4 is 5.97 Å². The summed E-state index contributed by atoms with van der Waals surface area (Å²) in [5.41, 5.74) is 4.80. The van der Waals surface area contributed by atoms with Crippen molar-refractivity contribution in [1.82, 2.24) is 0 Å². The lowest BCUT2D eigenvalue weighted by Gasteiger charge is -2.09. The van der Waals surface area contributed by atoms with E-state index in [4.69, 9.17) is 19.3 Å². The van der Waals surface area contributed by atoms with E-state index in [9.17, 15) is 9.90 Å². The molecular weight excluding hydrogens is 528 g/mol. The largest absolute Gasteiger partial charge is 0.494 e. The maximum Gasteiger partial charge on any atom is 0.330 e. The molecule has 0 amide bonds. The number of aryl methyl sites for hydroxylation is 1. The van der Waals surface area contributed by atoms with E-state index in [1.807, 2.05) is 48.5 Å². The highest BCUT2D eigenvalue weighted by Crippen LogP contribution is 2.16. The van der Waals surface area contributed by atoms with Crippen molar-refractivity contribution in [3.8, 4) is 35.2 Å². The van der Waals surface area contributed by atoms with Crippen LogP contribution >= 0.6 is 0 Å². The molecule has 0 aromatic heterocycles. The molecule has 0 aliphatic rings. The zero-order valence-corrected chi connectivity index (χ0v) is 24.1. The van der Waals surface area contributed by atoms with Gasteiger partial charge in [0.25, 0.3) is 0 Å². The topological polar surface area (TPSA) is 85.2 Å². The smallest absolute Gasteiger partial charge is 0.330 e. The number of hydrogen-bond acceptors (Lipinski definition) is 6. The highest BCUT2D eigenvalue weighted by molar-refractivity contribution is 5.81. The van der Waals surface area contributed by atoms with Crippen LogP contribution in [0.1, 0.15) is 60.4 Å². The van der Waals surface area contributed by atoms with E-state index in [1.54, 1.807) is 12.1 Å². The van der Waals surface area contributed by atoms with Crippen molar-refractivity contribution in [3.63, 3.8) is 0 Å². The molecule has 0 radical (unpaired) electrons. The fourth-order valence-corrected chi connectivity index (χ4v) is 3.86. The summed E-state index contributed by atoms with van der Waals surface area (Å²) < 4.78 is 16.2. The van der Waals surface area contributed by atoms with Crippen LogP contribution in [0.4, 0.5) is 0 Å². The summed E-state index contributed by atoms with van der Waals surface area (Å²) in [5.74, 6) is 14.0. The van der Waals surface area contributed by atoms with Crippen molar-refractivity contribution < 1.29 is 29.2 Å². The zero-order chi connectivity index (χ0) is 30.0. The van der Waals surface area contributed by atoms with E-state index in [-0.39, 0.29) is 19.2 Å². The van der Waals surface area contributed by atoms with Crippen LogP contribution in [0.5, 0.6) is 11.5 Å². The minimum Gasteiger partial charge on any atom is -0.494 e. The molecule has 1 unspecified atom stereocenters. The lowest BCUT2D eigenvalue weighted by atomic mass is 10.0. The van der Waals surface area contributed by atoms with E-state index < -0.39 is 6.10 Å². The molecule has 2 N–H and O–H groups in total. The lowest BCUT2D eigenvalue weighted by Crippen LogP contribution is -2.21. The first-order valence-electron chi connectivity index (χ1n) is 14.2. The number of rotatable bonds is 14. The van der Waals surface area contributed by atoms with Crippen molar-refractivity contribution in [2.75, 3.05) is 26.4 Å². The molecule has 6 heteroatoms. The van der Waals surface area contributed by atoms with Crippen molar-refractivity contribution in [2.24, 2.45) is 0 Å². The van der Waals surface area contributed by atoms with Gasteiger partial charge in [0.15, 0.2) is 0 Å². The third-order valence-electron chi connectivity index (χ3n) is 6.26. The SMILES string of the molecule is C=CC(=O)OCCCCCCOc1ccc(C#Cc2ccc(C#Cc3ccc(OCC(O)CO)cc3)c(CC)c2)cc1. The molecule has 1 atom stereocenters. The van der Waals surface area contributed by atoms with Gasteiger partial charge in [-0.05, 0) is 104 Å². The monoisotopic (exact) mass is 566 g/mol. The Hall–Kier alpha value is -4.49. The highest BCUT2D eigenvalue weighted by atomic mass is 16.5. The summed E-state index contributed by atoms with van der Waals surface area (Å²) in [6.45, 7) is 6.26. The molecule has 0 fully saturated rings. The van der Waals surface area contributed by atoms with Crippen LogP contribution in [0, 0.1) is 23.7 Å². The number of aliphatic hydroxyl groups excluding tert-OH is 2. The number of carbonyl (C=O) groups is 1. The molecule has 6 nitrogen and oxygen atoms in total. The Morgan fingerprint density at radius 3 is 2.00 bits per heavy atom. The number of hydrogen-bond donors (Lipinski definition) is 2. The molecule has 3 aromatic rings. The quantitative estimate of drug-likeness (QED) is 0.117. The molecule has 3 rings (SSSR count). The van der Waals surface area contributed by atoms with Gasteiger partial charge in [-0.15, -0.1) is 0 Å². The summed E-state index contributed by atoms with van der Waals surface area (Å²) in [6.07, 6.45) is 4.91. The van der Waals surface area contributed by atoms with Crippen LogP contribution in [0.2, 0.25) is 0 Å². The average Bonchev–Trinajstić information content (AvgIpc) is 3.03. The molecule has 0 saturated carbocycles. The van der Waals surface area contributed by atoms with Crippen molar-refractivity contribution in [2.45, 2.75) is 45.1 Å². The molecule has 42 heavy (non-hydrogen) atoms. The maximum absolute atomic E-state index is 11.0. The highest BCUT2D eigenvalue weighted by Gasteiger charge is 2.03. The minimum absolute atomic E-state index is 0.0393. The molecule has 0 bridgehead atoms. The maximum atomic E-state index is 11.0. The Labute approximate surface area is 249 Å². The van der Waals surface area contributed by atoms with Crippen LogP contribution in [0.15, 0.2) is 79.4 Å². The van der Waals surface area contributed by atoms with Gasteiger partial charge in [-0.3, -0.25) is 0 Å². The lowest BCUT2D eigenvalue weighted by molar-refractivity contribution is -0.137. The number of ether oxygens (including phenoxy) is 3. The number of benzene rings is 3. The Balaban J connectivity index is 1.48. The van der Waals surface area contributed by atoms with Gasteiger partial charge in [0.05, 0.1) is 19.8 Å². The Bertz CT molecular complexity index is 1400. The predicted octanol–water partition coefficient (Wildman–Crippen LogP) is 5.45. The van der Waals surface area contributed by atoms with Crippen LogP contribution in [0.25, 0.3) is 0 Å². The fraction of sp³-hybridized carbons (Fsp3) is 0.306. The first-order valence-corrected chi connectivity index (χ1v) is 14.2. The van der Waals surface area contributed by atoms with E-state index >= 15 is 0 Å². The average molecular weight is 567 g/mol. The molecule has 218 valence electrons. The van der Waals surface area contributed by atoms with Crippen LogP contribution < -0.4 is 9.47 Å². The van der Waals surface area contributed by atoms with E-state index in [0.717, 1.165) is 65.7 Å². The fourth-order valence-electron chi connectivity index (χ4n) is 3.86. The molecule has 0 saturated heterocycles. The molecule has 0 aliphatic heterocycles. The van der Waals surface area contributed by atoms with Gasteiger partial charge < -0.3 is 24.4 Å². The molecule has 3 aromatic carbocycles. The third kappa shape index (κ3) is 11.6. The van der Waals surface area contributed by atoms with Crippen LogP contribution in [-0.4, -0.2) is 48.7 Å². The summed E-state index contributed by atoms with van der Waals surface area (Å²) in [5, 5.41) is 18.3. The van der Waals surface area contributed by atoms with Crippen LogP contribution in [-0.2, 0) is 16.0 Å². The molecular formula is C36H38O6. The zero-order valence-electron chi connectivity index (χ0n) is 24.1.